The van der Waals surface area contributed by atoms with Gasteiger partial charge in [-0.3, -0.25) is 5.43 Å². The molecule has 0 aromatic carbocycles. The Morgan fingerprint density at radius 2 is 2.17 bits per heavy atom. The summed E-state index contributed by atoms with van der Waals surface area (Å²) in [5, 5.41) is 29.2. The topological polar surface area (TPSA) is 99.9 Å². The Kier molecular flexibility index (Phi) is 7.93. The minimum absolute atomic E-state index is 0. The smallest absolute Gasteiger partial charge is 0.233 e. The molecule has 7 nitrogen and oxygen atoms in total. The largest absolute Gasteiger partial charge is 0.474 e. The first kappa shape index (κ1) is 16.6. The minimum Gasteiger partial charge on any atom is -0.474 e. The third kappa shape index (κ3) is 6.33. The monoisotopic (exact) mass is 276 g/mol. The molecule has 0 aliphatic rings. The van der Waals surface area contributed by atoms with Crippen molar-refractivity contribution in [3.05, 3.63) is 12.1 Å². The van der Waals surface area contributed by atoms with Crippen molar-refractivity contribution in [3.8, 4) is 5.88 Å². The number of aromatic nitrogens is 2. The molecule has 0 bridgehead atoms. The third-order valence-corrected chi connectivity index (χ3v) is 1.67. The van der Waals surface area contributed by atoms with Crippen LogP contribution >= 0.6 is 12.4 Å². The summed E-state index contributed by atoms with van der Waals surface area (Å²) in [5.74, 6) is 0.779. The Hall–Kier alpha value is -1.44. The Bertz CT molecular complexity index is 368. The predicted molar refractivity (Wildman–Crippen MR) is 70.3 cm³/mol. The van der Waals surface area contributed by atoms with Crippen LogP contribution in [0, 0.1) is 0 Å². The van der Waals surface area contributed by atoms with Crippen LogP contribution in [0.5, 0.6) is 5.88 Å². The van der Waals surface area contributed by atoms with E-state index in [1.165, 1.54) is 0 Å². The molecule has 3 N–H and O–H groups in total. The zero-order chi connectivity index (χ0) is 12.7. The van der Waals surface area contributed by atoms with Crippen molar-refractivity contribution < 1.29 is 14.9 Å². The van der Waals surface area contributed by atoms with Gasteiger partial charge >= 0.3 is 0 Å². The second-order valence-electron chi connectivity index (χ2n) is 3.58. The van der Waals surface area contributed by atoms with Crippen molar-refractivity contribution in [2.45, 2.75) is 20.0 Å². The van der Waals surface area contributed by atoms with Crippen molar-refractivity contribution in [1.82, 2.24) is 10.2 Å². The number of ether oxygens (including phenoxy) is 1. The number of hydrogen-bond donors (Lipinski definition) is 3. The molecule has 102 valence electrons. The van der Waals surface area contributed by atoms with E-state index in [1.807, 2.05) is 13.8 Å². The molecule has 0 aliphatic carbocycles. The number of aliphatic hydroxyl groups is 2. The zero-order valence-electron chi connectivity index (χ0n) is 10.2. The van der Waals surface area contributed by atoms with Gasteiger partial charge in [-0.1, -0.05) is 0 Å². The molecule has 0 spiro atoms. The summed E-state index contributed by atoms with van der Waals surface area (Å²) in [6.07, 6.45) is -0.915. The number of halogens is 1. The summed E-state index contributed by atoms with van der Waals surface area (Å²) in [6.45, 7) is 3.34. The molecular formula is C10H17ClN4O3. The van der Waals surface area contributed by atoms with Crippen LogP contribution in [-0.2, 0) is 0 Å². The van der Waals surface area contributed by atoms with Crippen LogP contribution < -0.4 is 10.2 Å². The number of aliphatic hydroxyl groups excluding tert-OH is 2. The first-order valence-electron chi connectivity index (χ1n) is 5.14. The predicted octanol–water partition coefficient (Wildman–Crippen LogP) is 0.438. The fourth-order valence-corrected chi connectivity index (χ4v) is 0.860. The number of rotatable bonds is 6. The molecule has 0 radical (unpaired) electrons. The number of nitrogens with zero attached hydrogens (tertiary/aromatic N) is 3. The maximum Gasteiger partial charge on any atom is 0.233 e. The summed E-state index contributed by atoms with van der Waals surface area (Å²) < 4.78 is 5.09. The summed E-state index contributed by atoms with van der Waals surface area (Å²) in [5.41, 5.74) is 3.59. The maximum atomic E-state index is 9.07. The van der Waals surface area contributed by atoms with Crippen LogP contribution in [0.3, 0.4) is 0 Å². The molecule has 0 saturated heterocycles. The lowest BCUT2D eigenvalue weighted by molar-refractivity contribution is 0.0518. The van der Waals surface area contributed by atoms with Crippen molar-refractivity contribution in [3.63, 3.8) is 0 Å². The van der Waals surface area contributed by atoms with Gasteiger partial charge in [-0.05, 0) is 19.9 Å². The van der Waals surface area contributed by atoms with Gasteiger partial charge in [-0.2, -0.15) is 5.10 Å². The molecule has 18 heavy (non-hydrogen) atoms. The second-order valence-corrected chi connectivity index (χ2v) is 3.58. The van der Waals surface area contributed by atoms with E-state index in [0.717, 1.165) is 5.71 Å². The summed E-state index contributed by atoms with van der Waals surface area (Å²) in [4.78, 5) is 0. The highest BCUT2D eigenvalue weighted by atomic mass is 35.5. The quantitative estimate of drug-likeness (QED) is 0.515. The summed E-state index contributed by atoms with van der Waals surface area (Å²) in [7, 11) is 0. The van der Waals surface area contributed by atoms with Crippen molar-refractivity contribution in [2.24, 2.45) is 5.10 Å². The van der Waals surface area contributed by atoms with Crippen LogP contribution in [0.1, 0.15) is 13.8 Å². The standard InChI is InChI=1S/C10H16N4O3.ClH/c1-7(2)11-12-9-3-4-10(14-13-9)17-6-8(16)5-15;/h3-4,8,15-16H,5-6H2,1-2H3,(H,12,13);1H. The van der Waals surface area contributed by atoms with Gasteiger partial charge in [0.15, 0.2) is 5.82 Å². The van der Waals surface area contributed by atoms with Gasteiger partial charge in [0.25, 0.3) is 0 Å². The van der Waals surface area contributed by atoms with Gasteiger partial charge in [-0.15, -0.1) is 22.6 Å². The lowest BCUT2D eigenvalue weighted by Crippen LogP contribution is -2.21. The van der Waals surface area contributed by atoms with E-state index in [2.05, 4.69) is 20.7 Å². The number of nitrogens with one attached hydrogen (secondary N) is 1. The Morgan fingerprint density at radius 1 is 1.44 bits per heavy atom. The van der Waals surface area contributed by atoms with Gasteiger partial charge < -0.3 is 14.9 Å². The first-order valence-corrected chi connectivity index (χ1v) is 5.14. The van der Waals surface area contributed by atoms with E-state index < -0.39 is 6.10 Å². The molecule has 1 aromatic heterocycles. The molecule has 0 amide bonds. The second kappa shape index (κ2) is 8.62. The maximum absolute atomic E-state index is 9.07. The van der Waals surface area contributed by atoms with E-state index >= 15 is 0 Å². The van der Waals surface area contributed by atoms with Crippen molar-refractivity contribution in [1.29, 1.82) is 0 Å². The fourth-order valence-electron chi connectivity index (χ4n) is 0.860. The SMILES string of the molecule is CC(C)=NNc1ccc(OCC(O)CO)nn1.Cl. The Balaban J connectivity index is 0.00000289. The zero-order valence-corrected chi connectivity index (χ0v) is 11.0. The average Bonchev–Trinajstić information content (AvgIpc) is 2.34. The molecule has 1 aromatic rings. The lowest BCUT2D eigenvalue weighted by Gasteiger charge is -2.08. The molecule has 1 heterocycles. The lowest BCUT2D eigenvalue weighted by atomic mass is 10.4. The fraction of sp³-hybridized carbons (Fsp3) is 0.500. The van der Waals surface area contributed by atoms with E-state index in [4.69, 9.17) is 14.9 Å². The van der Waals surface area contributed by atoms with Crippen LogP contribution in [0.15, 0.2) is 17.2 Å². The van der Waals surface area contributed by atoms with E-state index in [-0.39, 0.29) is 31.5 Å². The average molecular weight is 277 g/mol. The minimum atomic E-state index is -0.915. The molecule has 1 rings (SSSR count). The van der Waals surface area contributed by atoms with Gasteiger partial charge in [-0.25, -0.2) is 0 Å². The normalized spacial score (nSPS) is 11.1. The number of hydrazone groups is 1. The highest BCUT2D eigenvalue weighted by Gasteiger charge is 2.04. The molecule has 0 aliphatic heterocycles. The molecular weight excluding hydrogens is 260 g/mol. The van der Waals surface area contributed by atoms with Crippen molar-refractivity contribution in [2.75, 3.05) is 18.6 Å². The highest BCUT2D eigenvalue weighted by molar-refractivity contribution is 5.85. The molecule has 0 saturated carbocycles. The van der Waals surface area contributed by atoms with Crippen LogP contribution in [-0.4, -0.2) is 45.4 Å². The van der Waals surface area contributed by atoms with Gasteiger partial charge in [0.05, 0.1) is 6.61 Å². The van der Waals surface area contributed by atoms with Gasteiger partial charge in [0.1, 0.15) is 12.7 Å². The summed E-state index contributed by atoms with van der Waals surface area (Å²) in [6, 6.07) is 3.25. The van der Waals surface area contributed by atoms with E-state index in [1.54, 1.807) is 12.1 Å². The highest BCUT2D eigenvalue weighted by Crippen LogP contribution is 2.08. The molecule has 1 atom stereocenters. The molecule has 8 heteroatoms. The van der Waals surface area contributed by atoms with E-state index in [9.17, 15) is 0 Å². The Labute approximate surface area is 111 Å². The van der Waals surface area contributed by atoms with Crippen LogP contribution in [0.4, 0.5) is 5.82 Å². The number of hydrogen-bond acceptors (Lipinski definition) is 7. The number of anilines is 1. The van der Waals surface area contributed by atoms with Crippen molar-refractivity contribution >= 4 is 23.9 Å². The Morgan fingerprint density at radius 3 is 2.67 bits per heavy atom. The van der Waals surface area contributed by atoms with E-state index in [0.29, 0.717) is 5.82 Å². The molecule has 1 unspecified atom stereocenters. The third-order valence-electron chi connectivity index (χ3n) is 1.67. The van der Waals surface area contributed by atoms with Gasteiger partial charge in [0, 0.05) is 11.8 Å². The van der Waals surface area contributed by atoms with Crippen LogP contribution in [0.25, 0.3) is 0 Å². The van der Waals surface area contributed by atoms with Gasteiger partial charge in [0.2, 0.25) is 5.88 Å². The summed E-state index contributed by atoms with van der Waals surface area (Å²) >= 11 is 0. The first-order chi connectivity index (χ1) is 8.11. The van der Waals surface area contributed by atoms with Crippen LogP contribution in [0.2, 0.25) is 0 Å². The molecule has 0 fully saturated rings.